The second kappa shape index (κ2) is 23.4. The number of hydrogen-bond donors (Lipinski definition) is 7. The van der Waals surface area contributed by atoms with Crippen LogP contribution in [-0.2, 0) is 54.5 Å². The van der Waals surface area contributed by atoms with Crippen molar-refractivity contribution in [1.29, 1.82) is 0 Å². The number of ether oxygens (including phenoxy) is 1. The SMILES string of the molecule is O=C1COc2ccc(cc2)C[C@@H](C(=O)N[C@H](CO)C(=O)O)NC(=O)[C@H](CCc2ccccc2)NC(=O)[C@@H](Cc2ccc(-c3ccccc3)cc2)NC(=O)[C@H](Cc2ccc(-c3ccccc3)cc2)N1. The molecule has 0 aromatic heterocycles. The minimum absolute atomic E-state index is 0.00797. The minimum atomic E-state index is -1.66. The number of amides is 5. The summed E-state index contributed by atoms with van der Waals surface area (Å²) in [4.78, 5) is 82.9. The number of carbonyl (C=O) groups excluding carboxylic acids is 5. The molecular weight excluding hydrogens is 863 g/mol. The summed E-state index contributed by atoms with van der Waals surface area (Å²) in [5.74, 6) is -4.79. The summed E-state index contributed by atoms with van der Waals surface area (Å²) < 4.78 is 5.81. The molecule has 0 saturated heterocycles. The maximum atomic E-state index is 14.7. The Morgan fingerprint density at radius 2 is 1.03 bits per heavy atom. The van der Waals surface area contributed by atoms with Gasteiger partial charge in [0.15, 0.2) is 6.61 Å². The molecule has 0 aliphatic carbocycles. The Bertz CT molecular complexity index is 2650. The third kappa shape index (κ3) is 13.5. The molecule has 5 amide bonds. The zero-order chi connectivity index (χ0) is 47.8. The first-order valence-electron chi connectivity index (χ1n) is 22.4. The van der Waals surface area contributed by atoms with E-state index in [0.717, 1.165) is 33.4 Å². The van der Waals surface area contributed by atoms with E-state index < -0.39 is 78.9 Å². The minimum Gasteiger partial charge on any atom is -0.484 e. The van der Waals surface area contributed by atoms with Gasteiger partial charge in [-0.25, -0.2) is 4.79 Å². The average Bonchev–Trinajstić information content (AvgIpc) is 3.36. The summed E-state index contributed by atoms with van der Waals surface area (Å²) in [5.41, 5.74) is 6.73. The normalized spacial score (nSPS) is 18.5. The molecular formula is C54H53N5O9. The number of aliphatic carboxylic acids is 1. The van der Waals surface area contributed by atoms with E-state index in [1.165, 1.54) is 0 Å². The van der Waals surface area contributed by atoms with Crippen LogP contribution in [0.4, 0.5) is 0 Å². The topological polar surface area (TPSA) is 212 Å². The van der Waals surface area contributed by atoms with Gasteiger partial charge in [-0.1, -0.05) is 152 Å². The first-order chi connectivity index (χ1) is 33.0. The highest BCUT2D eigenvalue weighted by Crippen LogP contribution is 2.22. The molecule has 6 aromatic carbocycles. The fraction of sp³-hybridized carbons (Fsp3) is 0.222. The second-order valence-corrected chi connectivity index (χ2v) is 16.6. The maximum absolute atomic E-state index is 14.7. The summed E-state index contributed by atoms with van der Waals surface area (Å²) >= 11 is 0. The summed E-state index contributed by atoms with van der Waals surface area (Å²) in [6.07, 6.45) is 0.331. The van der Waals surface area contributed by atoms with E-state index in [1.807, 2.05) is 140 Å². The van der Waals surface area contributed by atoms with Crippen molar-refractivity contribution in [2.24, 2.45) is 0 Å². The number of aliphatic hydroxyl groups excluding tert-OH is 1. The molecule has 2 heterocycles. The third-order valence-corrected chi connectivity index (χ3v) is 11.6. The van der Waals surface area contributed by atoms with Crippen molar-refractivity contribution < 1.29 is 43.7 Å². The van der Waals surface area contributed by atoms with Gasteiger partial charge in [0, 0.05) is 19.3 Å². The Balaban J connectivity index is 1.23. The number of carboxylic acids is 1. The number of carbonyl (C=O) groups is 6. The molecule has 2 bridgehead atoms. The van der Waals surface area contributed by atoms with Crippen LogP contribution in [0.5, 0.6) is 5.75 Å². The van der Waals surface area contributed by atoms with Gasteiger partial charge in [0.1, 0.15) is 36.0 Å². The van der Waals surface area contributed by atoms with Crippen molar-refractivity contribution in [3.8, 4) is 28.0 Å². The number of rotatable bonds is 13. The van der Waals surface area contributed by atoms with Crippen molar-refractivity contribution in [3.63, 3.8) is 0 Å². The molecule has 0 radical (unpaired) electrons. The van der Waals surface area contributed by atoms with Crippen LogP contribution >= 0.6 is 0 Å². The predicted molar refractivity (Wildman–Crippen MR) is 256 cm³/mol. The van der Waals surface area contributed by atoms with E-state index in [9.17, 15) is 39.0 Å². The average molecular weight is 916 g/mol. The largest absolute Gasteiger partial charge is 0.484 e. The second-order valence-electron chi connectivity index (χ2n) is 16.6. The van der Waals surface area contributed by atoms with Crippen LogP contribution in [0.1, 0.15) is 28.7 Å². The summed E-state index contributed by atoms with van der Waals surface area (Å²) in [6, 6.07) is 43.6. The summed E-state index contributed by atoms with van der Waals surface area (Å²) in [6.45, 7) is -1.36. The van der Waals surface area contributed by atoms with Crippen LogP contribution < -0.4 is 31.3 Å². The molecule has 14 heteroatoms. The third-order valence-electron chi connectivity index (χ3n) is 11.6. The number of nitrogens with one attached hydrogen (secondary N) is 5. The fourth-order valence-corrected chi connectivity index (χ4v) is 7.87. The zero-order valence-electron chi connectivity index (χ0n) is 37.2. The summed E-state index contributed by atoms with van der Waals surface area (Å²) in [5, 5.41) is 32.9. The van der Waals surface area contributed by atoms with Gasteiger partial charge in [0.2, 0.25) is 23.6 Å². The molecule has 0 saturated carbocycles. The van der Waals surface area contributed by atoms with Crippen LogP contribution in [0.25, 0.3) is 22.3 Å². The van der Waals surface area contributed by atoms with Crippen molar-refractivity contribution in [2.75, 3.05) is 13.2 Å². The molecule has 14 nitrogen and oxygen atoms in total. The van der Waals surface area contributed by atoms with Crippen LogP contribution in [0.3, 0.4) is 0 Å². The van der Waals surface area contributed by atoms with Crippen LogP contribution in [-0.4, -0.2) is 89.1 Å². The lowest BCUT2D eigenvalue weighted by Crippen LogP contribution is -2.60. The van der Waals surface area contributed by atoms with Crippen LogP contribution in [0, 0.1) is 0 Å². The van der Waals surface area contributed by atoms with E-state index in [2.05, 4.69) is 26.6 Å². The fourth-order valence-electron chi connectivity index (χ4n) is 7.87. The standard InChI is InChI=1S/C54H53N5O9/c60-33-48(54(66)67)59-53(65)47-32-38-20-27-43(28-21-38)68-34-49(61)55-45(30-36-16-23-41(24-17-36)39-12-6-2-7-13-39)51(63)58-46(31-37-18-25-42(26-19-37)40-14-8-3-9-15-40)52(64)56-44(50(62)57-47)29-22-35-10-4-1-5-11-35/h1-21,23-28,44-48,60H,22,29-34H2,(H,55,61)(H,56,64)(H,57,62)(H,58,63)(H,59,65)(H,66,67)/t44-,45-,46+,47-,48+/m0/s1. The van der Waals surface area contributed by atoms with Gasteiger partial charge < -0.3 is 41.5 Å². The number of aliphatic hydroxyl groups is 1. The van der Waals surface area contributed by atoms with Gasteiger partial charge in [-0.05, 0) is 69.5 Å². The lowest BCUT2D eigenvalue weighted by atomic mass is 9.98. The molecule has 2 aliphatic heterocycles. The number of aryl methyl sites for hydroxylation is 1. The molecule has 8 rings (SSSR count). The van der Waals surface area contributed by atoms with Gasteiger partial charge in [-0.15, -0.1) is 0 Å². The van der Waals surface area contributed by atoms with Gasteiger partial charge in [0.05, 0.1) is 6.61 Å². The molecule has 6 aromatic rings. The van der Waals surface area contributed by atoms with Crippen LogP contribution in [0.2, 0.25) is 0 Å². The van der Waals surface area contributed by atoms with Crippen molar-refractivity contribution >= 4 is 35.5 Å². The molecule has 0 unspecified atom stereocenters. The lowest BCUT2D eigenvalue weighted by molar-refractivity contribution is -0.143. The molecule has 2 aliphatic rings. The number of hydrogen-bond acceptors (Lipinski definition) is 8. The van der Waals surface area contributed by atoms with Crippen molar-refractivity contribution in [3.05, 3.63) is 186 Å². The Labute approximate surface area is 394 Å². The summed E-state index contributed by atoms with van der Waals surface area (Å²) in [7, 11) is 0. The number of benzene rings is 6. The van der Waals surface area contributed by atoms with Gasteiger partial charge >= 0.3 is 5.97 Å². The Morgan fingerprint density at radius 1 is 0.559 bits per heavy atom. The number of fused-ring (bicyclic) bond motifs is 16. The van der Waals surface area contributed by atoms with Gasteiger partial charge in [-0.2, -0.15) is 0 Å². The maximum Gasteiger partial charge on any atom is 0.328 e. The highest BCUT2D eigenvalue weighted by molar-refractivity contribution is 5.96. The van der Waals surface area contributed by atoms with E-state index in [4.69, 9.17) is 4.74 Å². The molecule has 0 spiro atoms. The first-order valence-corrected chi connectivity index (χ1v) is 22.4. The monoisotopic (exact) mass is 915 g/mol. The lowest BCUT2D eigenvalue weighted by Gasteiger charge is -2.27. The zero-order valence-corrected chi connectivity index (χ0v) is 37.2. The number of carboxylic acid groups (broad SMARTS) is 1. The van der Waals surface area contributed by atoms with E-state index in [-0.39, 0.29) is 25.7 Å². The van der Waals surface area contributed by atoms with Gasteiger partial charge in [-0.3, -0.25) is 24.0 Å². The van der Waals surface area contributed by atoms with E-state index >= 15 is 0 Å². The predicted octanol–water partition coefficient (Wildman–Crippen LogP) is 4.57. The Morgan fingerprint density at radius 3 is 1.54 bits per heavy atom. The van der Waals surface area contributed by atoms with E-state index in [0.29, 0.717) is 23.3 Å². The highest BCUT2D eigenvalue weighted by Gasteiger charge is 2.33. The Kier molecular flexibility index (Phi) is 16.5. The smallest absolute Gasteiger partial charge is 0.328 e. The molecule has 348 valence electrons. The van der Waals surface area contributed by atoms with Crippen molar-refractivity contribution in [1.82, 2.24) is 26.6 Å². The van der Waals surface area contributed by atoms with Crippen molar-refractivity contribution in [2.45, 2.75) is 62.3 Å². The molecule has 0 fully saturated rings. The first kappa shape index (κ1) is 47.9. The molecule has 7 N–H and O–H groups in total. The van der Waals surface area contributed by atoms with E-state index in [1.54, 1.807) is 24.3 Å². The van der Waals surface area contributed by atoms with Crippen LogP contribution in [0.15, 0.2) is 164 Å². The molecule has 68 heavy (non-hydrogen) atoms. The highest BCUT2D eigenvalue weighted by atomic mass is 16.5. The quantitative estimate of drug-likeness (QED) is 0.0808. The van der Waals surface area contributed by atoms with Gasteiger partial charge in [0.25, 0.3) is 5.91 Å². The molecule has 5 atom stereocenters. The Hall–Kier alpha value is -8.10.